The zero-order valence-corrected chi connectivity index (χ0v) is 13.3. The number of aryl methyl sites for hydroxylation is 1. The summed E-state index contributed by atoms with van der Waals surface area (Å²) in [5.74, 6) is 0.0755. The van der Waals surface area contributed by atoms with E-state index in [-0.39, 0.29) is 11.9 Å². The SMILES string of the molecule is Cn1cnnc1C1CCCN1C(=O)c1ccc(OCC(=O)O)cc1. The van der Waals surface area contributed by atoms with Crippen LogP contribution in [0.2, 0.25) is 0 Å². The summed E-state index contributed by atoms with van der Waals surface area (Å²) >= 11 is 0. The van der Waals surface area contributed by atoms with E-state index in [0.29, 0.717) is 17.9 Å². The number of carboxylic acids is 1. The molecule has 1 saturated heterocycles. The first kappa shape index (κ1) is 16.0. The predicted molar refractivity (Wildman–Crippen MR) is 83.6 cm³/mol. The van der Waals surface area contributed by atoms with Crippen molar-refractivity contribution in [1.29, 1.82) is 0 Å². The molecule has 0 aliphatic carbocycles. The van der Waals surface area contributed by atoms with Gasteiger partial charge in [0, 0.05) is 19.2 Å². The van der Waals surface area contributed by atoms with Crippen molar-refractivity contribution in [1.82, 2.24) is 19.7 Å². The number of nitrogens with zero attached hydrogens (tertiary/aromatic N) is 4. The summed E-state index contributed by atoms with van der Waals surface area (Å²) in [6.07, 6.45) is 3.41. The Hall–Kier alpha value is -2.90. The zero-order valence-electron chi connectivity index (χ0n) is 13.3. The Morgan fingerprint density at radius 3 is 2.71 bits per heavy atom. The molecule has 1 aliphatic rings. The first-order chi connectivity index (χ1) is 11.6. The van der Waals surface area contributed by atoms with Crippen molar-refractivity contribution in [2.24, 2.45) is 7.05 Å². The topological polar surface area (TPSA) is 97.5 Å². The fraction of sp³-hybridized carbons (Fsp3) is 0.375. The van der Waals surface area contributed by atoms with Gasteiger partial charge in [0.2, 0.25) is 0 Å². The van der Waals surface area contributed by atoms with Crippen LogP contribution in [0.15, 0.2) is 30.6 Å². The van der Waals surface area contributed by atoms with Crippen molar-refractivity contribution in [3.8, 4) is 5.75 Å². The lowest BCUT2D eigenvalue weighted by Gasteiger charge is -2.24. The molecular formula is C16H18N4O4. The molecule has 1 aromatic heterocycles. The molecule has 1 aromatic carbocycles. The summed E-state index contributed by atoms with van der Waals surface area (Å²) in [6.45, 7) is 0.265. The fourth-order valence-electron chi connectivity index (χ4n) is 2.88. The summed E-state index contributed by atoms with van der Waals surface area (Å²) in [6, 6.07) is 6.41. The first-order valence-electron chi connectivity index (χ1n) is 7.66. The monoisotopic (exact) mass is 330 g/mol. The van der Waals surface area contributed by atoms with E-state index in [2.05, 4.69) is 10.2 Å². The van der Waals surface area contributed by atoms with Crippen molar-refractivity contribution < 1.29 is 19.4 Å². The highest BCUT2D eigenvalue weighted by atomic mass is 16.5. The highest BCUT2D eigenvalue weighted by Crippen LogP contribution is 2.31. The number of aliphatic carboxylic acids is 1. The second-order valence-corrected chi connectivity index (χ2v) is 5.66. The van der Waals surface area contributed by atoms with Gasteiger partial charge in [0.05, 0.1) is 6.04 Å². The predicted octanol–water partition coefficient (Wildman–Crippen LogP) is 1.26. The van der Waals surface area contributed by atoms with Crippen molar-refractivity contribution >= 4 is 11.9 Å². The summed E-state index contributed by atoms with van der Waals surface area (Å²) in [5.41, 5.74) is 0.534. The van der Waals surface area contributed by atoms with Crippen LogP contribution in [0.1, 0.15) is 35.1 Å². The maximum atomic E-state index is 12.8. The van der Waals surface area contributed by atoms with Gasteiger partial charge in [-0.1, -0.05) is 0 Å². The van der Waals surface area contributed by atoms with E-state index in [9.17, 15) is 9.59 Å². The van der Waals surface area contributed by atoms with Gasteiger partial charge >= 0.3 is 5.97 Å². The molecule has 1 N–H and O–H groups in total. The lowest BCUT2D eigenvalue weighted by Crippen LogP contribution is -2.31. The van der Waals surface area contributed by atoms with Gasteiger partial charge in [0.15, 0.2) is 12.4 Å². The van der Waals surface area contributed by atoms with Crippen molar-refractivity contribution in [3.05, 3.63) is 42.0 Å². The molecule has 8 nitrogen and oxygen atoms in total. The van der Waals surface area contributed by atoms with Crippen LogP contribution in [0, 0.1) is 0 Å². The Bertz CT molecular complexity index is 741. The van der Waals surface area contributed by atoms with Crippen LogP contribution in [0.3, 0.4) is 0 Å². The second-order valence-electron chi connectivity index (χ2n) is 5.66. The van der Waals surface area contributed by atoms with Crippen LogP contribution in [0.4, 0.5) is 0 Å². The molecule has 2 heterocycles. The van der Waals surface area contributed by atoms with E-state index in [1.807, 2.05) is 11.6 Å². The number of rotatable bonds is 5. The van der Waals surface area contributed by atoms with Crippen LogP contribution < -0.4 is 4.74 Å². The van der Waals surface area contributed by atoms with Gasteiger partial charge in [-0.3, -0.25) is 4.79 Å². The number of carbonyl (C=O) groups is 2. The number of benzene rings is 1. The Kier molecular flexibility index (Phi) is 4.45. The Balaban J connectivity index is 1.73. The minimum absolute atomic E-state index is 0.0760. The number of ether oxygens (including phenoxy) is 1. The molecule has 24 heavy (non-hydrogen) atoms. The number of hydrogen-bond donors (Lipinski definition) is 1. The van der Waals surface area contributed by atoms with Gasteiger partial charge in [0.1, 0.15) is 12.1 Å². The highest BCUT2D eigenvalue weighted by molar-refractivity contribution is 5.94. The molecule has 1 aliphatic heterocycles. The molecule has 0 bridgehead atoms. The van der Waals surface area contributed by atoms with E-state index in [4.69, 9.17) is 9.84 Å². The van der Waals surface area contributed by atoms with Crippen LogP contribution in [0.5, 0.6) is 5.75 Å². The number of likely N-dealkylation sites (tertiary alicyclic amines) is 1. The highest BCUT2D eigenvalue weighted by Gasteiger charge is 2.33. The summed E-state index contributed by atoms with van der Waals surface area (Å²) in [5, 5.41) is 16.6. The third-order valence-electron chi connectivity index (χ3n) is 4.02. The largest absolute Gasteiger partial charge is 0.482 e. The summed E-state index contributed by atoms with van der Waals surface area (Å²) in [4.78, 5) is 25.1. The molecule has 2 aromatic rings. The Morgan fingerprint density at radius 1 is 1.33 bits per heavy atom. The standard InChI is InChI=1S/C16H18N4O4/c1-19-10-17-18-15(19)13-3-2-8-20(13)16(23)11-4-6-12(7-5-11)24-9-14(21)22/h4-7,10,13H,2-3,8-9H2,1H3,(H,21,22). The molecule has 0 radical (unpaired) electrons. The first-order valence-corrected chi connectivity index (χ1v) is 7.66. The maximum Gasteiger partial charge on any atom is 0.341 e. The molecule has 126 valence electrons. The van der Waals surface area contributed by atoms with Crippen molar-refractivity contribution in [3.63, 3.8) is 0 Å². The lowest BCUT2D eigenvalue weighted by molar-refractivity contribution is -0.139. The van der Waals surface area contributed by atoms with Crippen LogP contribution in [-0.2, 0) is 11.8 Å². The van der Waals surface area contributed by atoms with Crippen LogP contribution in [0.25, 0.3) is 0 Å². The minimum atomic E-state index is -1.04. The van der Waals surface area contributed by atoms with Gasteiger partial charge in [-0.25, -0.2) is 4.79 Å². The van der Waals surface area contributed by atoms with Gasteiger partial charge in [-0.15, -0.1) is 10.2 Å². The zero-order chi connectivity index (χ0) is 17.1. The van der Waals surface area contributed by atoms with Crippen LogP contribution >= 0.6 is 0 Å². The van der Waals surface area contributed by atoms with Gasteiger partial charge in [-0.05, 0) is 37.1 Å². The molecule has 3 rings (SSSR count). The van der Waals surface area contributed by atoms with E-state index in [1.54, 1.807) is 35.5 Å². The van der Waals surface area contributed by atoms with E-state index in [0.717, 1.165) is 18.7 Å². The van der Waals surface area contributed by atoms with Crippen LogP contribution in [-0.4, -0.2) is 49.8 Å². The normalized spacial score (nSPS) is 17.0. The third-order valence-corrected chi connectivity index (χ3v) is 4.02. The van der Waals surface area contributed by atoms with Gasteiger partial charge in [0.25, 0.3) is 5.91 Å². The second kappa shape index (κ2) is 6.69. The number of carboxylic acid groups (broad SMARTS) is 1. The summed E-state index contributed by atoms with van der Waals surface area (Å²) in [7, 11) is 1.87. The average molecular weight is 330 g/mol. The molecule has 8 heteroatoms. The number of amides is 1. The molecule has 0 spiro atoms. The molecule has 1 fully saturated rings. The van der Waals surface area contributed by atoms with Crippen molar-refractivity contribution in [2.75, 3.05) is 13.2 Å². The lowest BCUT2D eigenvalue weighted by atomic mass is 10.1. The quantitative estimate of drug-likeness (QED) is 0.886. The molecular weight excluding hydrogens is 312 g/mol. The van der Waals surface area contributed by atoms with Crippen molar-refractivity contribution in [2.45, 2.75) is 18.9 Å². The fourth-order valence-corrected chi connectivity index (χ4v) is 2.88. The molecule has 1 amide bonds. The van der Waals surface area contributed by atoms with E-state index >= 15 is 0 Å². The number of hydrogen-bond acceptors (Lipinski definition) is 5. The maximum absolute atomic E-state index is 12.8. The van der Waals surface area contributed by atoms with E-state index < -0.39 is 12.6 Å². The van der Waals surface area contributed by atoms with Gasteiger partial charge < -0.3 is 19.3 Å². The molecule has 1 atom stereocenters. The minimum Gasteiger partial charge on any atom is -0.482 e. The molecule has 1 unspecified atom stereocenters. The van der Waals surface area contributed by atoms with Gasteiger partial charge in [-0.2, -0.15) is 0 Å². The number of aromatic nitrogens is 3. The summed E-state index contributed by atoms with van der Waals surface area (Å²) < 4.78 is 6.91. The third kappa shape index (κ3) is 3.22. The smallest absolute Gasteiger partial charge is 0.341 e. The Labute approximate surface area is 138 Å². The average Bonchev–Trinajstić information content (AvgIpc) is 3.21. The Morgan fingerprint density at radius 2 is 2.08 bits per heavy atom. The number of carbonyl (C=O) groups excluding carboxylic acids is 1. The molecule has 0 saturated carbocycles. The van der Waals surface area contributed by atoms with E-state index in [1.165, 1.54) is 0 Å².